The summed E-state index contributed by atoms with van der Waals surface area (Å²) in [6, 6.07) is 8.57. The first-order valence-corrected chi connectivity index (χ1v) is 8.41. The Morgan fingerprint density at radius 1 is 1.22 bits per heavy atom. The maximum absolute atomic E-state index is 6.23. The van der Waals surface area contributed by atoms with E-state index in [1.807, 2.05) is 0 Å². The highest BCUT2D eigenvalue weighted by atomic mass is 79.9. The van der Waals surface area contributed by atoms with Crippen LogP contribution in [0.5, 0.6) is 0 Å². The molecule has 0 radical (unpaired) electrons. The van der Waals surface area contributed by atoms with Crippen LogP contribution in [-0.2, 0) is 0 Å². The van der Waals surface area contributed by atoms with E-state index in [1.165, 1.54) is 42.1 Å². The lowest BCUT2D eigenvalue weighted by Gasteiger charge is -2.26. The van der Waals surface area contributed by atoms with Gasteiger partial charge in [0.25, 0.3) is 0 Å². The Bertz CT molecular complexity index is 417. The summed E-state index contributed by atoms with van der Waals surface area (Å²) in [5.41, 5.74) is 1.40. The largest absolute Gasteiger partial charge is 0.126 e. The molecule has 2 aliphatic carbocycles. The van der Waals surface area contributed by atoms with Crippen molar-refractivity contribution in [1.29, 1.82) is 0 Å². The minimum atomic E-state index is 0.520. The van der Waals surface area contributed by atoms with Gasteiger partial charge in [0.05, 0.1) is 0 Å². The van der Waals surface area contributed by atoms with Gasteiger partial charge in [0, 0.05) is 10.4 Å². The van der Waals surface area contributed by atoms with Crippen molar-refractivity contribution in [1.82, 2.24) is 0 Å². The predicted molar refractivity (Wildman–Crippen MR) is 81.2 cm³/mol. The maximum atomic E-state index is 6.23. The molecule has 2 saturated carbocycles. The fourth-order valence-corrected chi connectivity index (χ4v) is 5.01. The van der Waals surface area contributed by atoms with Gasteiger partial charge in [-0.3, -0.25) is 0 Å². The van der Waals surface area contributed by atoms with E-state index < -0.39 is 0 Å². The molecule has 4 unspecified atom stereocenters. The molecule has 0 heterocycles. The summed E-state index contributed by atoms with van der Waals surface area (Å²) in [7, 11) is 0. The fourth-order valence-electron chi connectivity index (χ4n) is 4.11. The Hall–Kier alpha value is -0.0100. The molecule has 98 valence electrons. The Kier molecular flexibility index (Phi) is 4.00. The van der Waals surface area contributed by atoms with E-state index in [4.69, 9.17) is 11.6 Å². The van der Waals surface area contributed by atoms with Crippen molar-refractivity contribution >= 4 is 27.5 Å². The van der Waals surface area contributed by atoms with Crippen LogP contribution in [0.4, 0.5) is 0 Å². The van der Waals surface area contributed by atoms with Crippen LogP contribution in [-0.4, -0.2) is 5.88 Å². The second-order valence-corrected chi connectivity index (χ2v) is 7.21. The zero-order valence-corrected chi connectivity index (χ0v) is 13.0. The van der Waals surface area contributed by atoms with Crippen molar-refractivity contribution in [2.24, 2.45) is 17.8 Å². The second-order valence-electron chi connectivity index (χ2n) is 6.04. The Morgan fingerprint density at radius 3 is 2.67 bits per heavy atom. The molecule has 0 aliphatic heterocycles. The van der Waals surface area contributed by atoms with Crippen LogP contribution in [0.15, 0.2) is 28.7 Å². The zero-order chi connectivity index (χ0) is 12.5. The number of halogens is 2. The molecule has 2 aliphatic rings. The minimum absolute atomic E-state index is 0.520. The Morgan fingerprint density at radius 2 is 2.06 bits per heavy atom. The van der Waals surface area contributed by atoms with Gasteiger partial charge in [0.2, 0.25) is 0 Å². The summed E-state index contributed by atoms with van der Waals surface area (Å²) >= 11 is 9.90. The van der Waals surface area contributed by atoms with Crippen molar-refractivity contribution in [2.45, 2.75) is 38.0 Å². The van der Waals surface area contributed by atoms with Crippen LogP contribution < -0.4 is 0 Å². The number of fused-ring (bicyclic) bond motifs is 2. The molecule has 18 heavy (non-hydrogen) atoms. The van der Waals surface area contributed by atoms with Gasteiger partial charge in [0.15, 0.2) is 0 Å². The summed E-state index contributed by atoms with van der Waals surface area (Å²) in [5, 5.41) is 0. The standard InChI is InChI=1S/C16H20BrCl/c17-16-4-2-1-3-15(16)14(10-18)9-13-8-11-5-6-12(13)7-11/h1-4,11-14H,5-10H2. The first-order valence-electron chi connectivity index (χ1n) is 7.08. The van der Waals surface area contributed by atoms with Gasteiger partial charge >= 0.3 is 0 Å². The number of benzene rings is 1. The van der Waals surface area contributed by atoms with Crippen molar-refractivity contribution in [3.63, 3.8) is 0 Å². The highest BCUT2D eigenvalue weighted by Crippen LogP contribution is 2.51. The maximum Gasteiger partial charge on any atom is 0.0292 e. The van der Waals surface area contributed by atoms with Gasteiger partial charge in [-0.25, -0.2) is 0 Å². The molecule has 3 rings (SSSR count). The van der Waals surface area contributed by atoms with E-state index in [0.717, 1.165) is 23.6 Å². The van der Waals surface area contributed by atoms with Crippen molar-refractivity contribution in [3.05, 3.63) is 34.3 Å². The highest BCUT2D eigenvalue weighted by molar-refractivity contribution is 9.10. The van der Waals surface area contributed by atoms with Gasteiger partial charge in [-0.1, -0.05) is 40.5 Å². The fraction of sp³-hybridized carbons (Fsp3) is 0.625. The van der Waals surface area contributed by atoms with Crippen LogP contribution in [0, 0.1) is 17.8 Å². The number of alkyl halides is 1. The average Bonchev–Trinajstić information content (AvgIpc) is 2.99. The van der Waals surface area contributed by atoms with Gasteiger partial charge in [-0.15, -0.1) is 11.6 Å². The summed E-state index contributed by atoms with van der Waals surface area (Å²) < 4.78 is 1.22. The van der Waals surface area contributed by atoms with Crippen molar-refractivity contribution < 1.29 is 0 Å². The molecule has 1 aromatic carbocycles. The Labute approximate surface area is 123 Å². The lowest BCUT2D eigenvalue weighted by molar-refractivity contribution is 0.300. The first kappa shape index (κ1) is 13.0. The first-order chi connectivity index (χ1) is 8.78. The van der Waals surface area contributed by atoms with Crippen LogP contribution in [0.3, 0.4) is 0 Å². The van der Waals surface area contributed by atoms with Gasteiger partial charge < -0.3 is 0 Å². The smallest absolute Gasteiger partial charge is 0.0292 e. The number of hydrogen-bond acceptors (Lipinski definition) is 0. The molecule has 0 N–H and O–H groups in total. The van der Waals surface area contributed by atoms with Gasteiger partial charge in [0.1, 0.15) is 0 Å². The molecule has 0 spiro atoms. The summed E-state index contributed by atoms with van der Waals surface area (Å²) in [6.45, 7) is 0. The monoisotopic (exact) mass is 326 g/mol. The summed E-state index contributed by atoms with van der Waals surface area (Å²) in [4.78, 5) is 0. The average molecular weight is 328 g/mol. The van der Waals surface area contributed by atoms with E-state index in [2.05, 4.69) is 40.2 Å². The van der Waals surface area contributed by atoms with Gasteiger partial charge in [-0.05, 0) is 61.0 Å². The molecule has 0 saturated heterocycles. The quantitative estimate of drug-likeness (QED) is 0.632. The normalized spacial score (nSPS) is 31.8. The summed E-state index contributed by atoms with van der Waals surface area (Å²) in [5.74, 6) is 4.24. The van der Waals surface area contributed by atoms with Crippen LogP contribution in [0.2, 0.25) is 0 Å². The third kappa shape index (κ3) is 2.49. The van der Waals surface area contributed by atoms with E-state index in [-0.39, 0.29) is 0 Å². The lowest BCUT2D eigenvalue weighted by Crippen LogP contribution is -2.15. The SMILES string of the molecule is ClCC(CC1CC2CCC1C2)c1ccccc1Br. The highest BCUT2D eigenvalue weighted by Gasteiger charge is 2.40. The predicted octanol–water partition coefficient (Wildman–Crippen LogP) is 5.60. The van der Waals surface area contributed by atoms with E-state index >= 15 is 0 Å². The van der Waals surface area contributed by atoms with E-state index in [0.29, 0.717) is 5.92 Å². The molecule has 4 atom stereocenters. The van der Waals surface area contributed by atoms with Crippen LogP contribution in [0.1, 0.15) is 43.6 Å². The van der Waals surface area contributed by atoms with Crippen LogP contribution >= 0.6 is 27.5 Å². The molecule has 1 aromatic rings. The second kappa shape index (κ2) is 5.54. The van der Waals surface area contributed by atoms with Crippen molar-refractivity contribution in [3.8, 4) is 0 Å². The molecule has 2 bridgehead atoms. The topological polar surface area (TPSA) is 0 Å². The van der Waals surface area contributed by atoms with Crippen molar-refractivity contribution in [2.75, 3.05) is 5.88 Å². The molecular formula is C16H20BrCl. The van der Waals surface area contributed by atoms with Crippen LogP contribution in [0.25, 0.3) is 0 Å². The molecule has 0 aromatic heterocycles. The lowest BCUT2D eigenvalue weighted by atomic mass is 9.80. The zero-order valence-electron chi connectivity index (χ0n) is 10.6. The molecule has 2 fully saturated rings. The molecular weight excluding hydrogens is 308 g/mol. The Balaban J connectivity index is 1.72. The minimum Gasteiger partial charge on any atom is -0.126 e. The third-order valence-corrected chi connectivity index (χ3v) is 6.10. The van der Waals surface area contributed by atoms with Gasteiger partial charge in [-0.2, -0.15) is 0 Å². The molecule has 0 amide bonds. The molecule has 2 heteroatoms. The molecule has 0 nitrogen and oxygen atoms in total. The third-order valence-electron chi connectivity index (χ3n) is 5.00. The number of hydrogen-bond donors (Lipinski definition) is 0. The van der Waals surface area contributed by atoms with E-state index in [9.17, 15) is 0 Å². The summed E-state index contributed by atoms with van der Waals surface area (Å²) in [6.07, 6.45) is 7.20. The number of rotatable bonds is 4. The van der Waals surface area contributed by atoms with E-state index in [1.54, 1.807) is 0 Å².